The topological polar surface area (TPSA) is 50.2 Å². The Morgan fingerprint density at radius 1 is 1.50 bits per heavy atom. The van der Waals surface area contributed by atoms with Gasteiger partial charge in [0.25, 0.3) is 0 Å². The monoisotopic (exact) mass is 253 g/mol. The van der Waals surface area contributed by atoms with Crippen molar-refractivity contribution < 1.29 is 23.1 Å². The van der Waals surface area contributed by atoms with Crippen molar-refractivity contribution in [1.29, 1.82) is 0 Å². The number of thiazole rings is 1. The Kier molecular flexibility index (Phi) is 3.90. The van der Waals surface area contributed by atoms with Gasteiger partial charge in [0.1, 0.15) is 0 Å². The highest BCUT2D eigenvalue weighted by Crippen LogP contribution is 2.34. The van der Waals surface area contributed by atoms with Gasteiger partial charge in [0.05, 0.1) is 11.4 Å². The molecule has 3 nitrogen and oxygen atoms in total. The first-order valence-electron chi connectivity index (χ1n) is 4.62. The van der Waals surface area contributed by atoms with Crippen molar-refractivity contribution in [2.75, 3.05) is 0 Å². The van der Waals surface area contributed by atoms with Gasteiger partial charge in [-0.05, 0) is 6.42 Å². The summed E-state index contributed by atoms with van der Waals surface area (Å²) < 4.78 is 37.4. The number of hydrogen-bond acceptors (Lipinski definition) is 3. The smallest absolute Gasteiger partial charge is 0.434 e. The first-order valence-corrected chi connectivity index (χ1v) is 5.43. The number of hydrogen-bond donors (Lipinski definition) is 1. The van der Waals surface area contributed by atoms with Crippen LogP contribution in [0, 0.1) is 0 Å². The Morgan fingerprint density at radius 2 is 2.12 bits per heavy atom. The Bertz CT molecular complexity index is 387. The van der Waals surface area contributed by atoms with Gasteiger partial charge in [-0.1, -0.05) is 6.92 Å². The molecule has 0 spiro atoms. The third-order valence-corrected chi connectivity index (χ3v) is 3.14. The van der Waals surface area contributed by atoms with Crippen molar-refractivity contribution in [3.63, 3.8) is 0 Å². The van der Waals surface area contributed by atoms with Crippen molar-refractivity contribution in [2.24, 2.45) is 0 Å². The standard InChI is InChI=1S/C9H10F3NO2S/c1-2-5-8(9(10,11)12)13-6(16-5)3-4-7(14)15/h2-4H2,1H3,(H,14,15). The molecule has 1 rings (SSSR count). The van der Waals surface area contributed by atoms with E-state index >= 15 is 0 Å². The fourth-order valence-corrected chi connectivity index (χ4v) is 2.21. The molecule has 1 heterocycles. The van der Waals surface area contributed by atoms with E-state index in [0.717, 1.165) is 11.3 Å². The summed E-state index contributed by atoms with van der Waals surface area (Å²) in [6.07, 6.45) is -4.36. The quantitative estimate of drug-likeness (QED) is 0.897. The molecule has 16 heavy (non-hydrogen) atoms. The maximum atomic E-state index is 12.5. The summed E-state index contributed by atoms with van der Waals surface area (Å²) in [5.41, 5.74) is -0.875. The summed E-state index contributed by atoms with van der Waals surface area (Å²) in [6, 6.07) is 0. The maximum Gasteiger partial charge on any atom is 0.434 e. The van der Waals surface area contributed by atoms with Crippen LogP contribution >= 0.6 is 11.3 Å². The summed E-state index contributed by atoms with van der Waals surface area (Å²) in [6.45, 7) is 1.61. The summed E-state index contributed by atoms with van der Waals surface area (Å²) in [4.78, 5) is 13.9. The van der Waals surface area contributed by atoms with Crippen LogP contribution in [0.1, 0.15) is 28.9 Å². The van der Waals surface area contributed by atoms with E-state index in [1.54, 1.807) is 6.92 Å². The molecule has 7 heteroatoms. The zero-order chi connectivity index (χ0) is 12.3. The second-order valence-corrected chi connectivity index (χ2v) is 4.29. The molecule has 0 amide bonds. The van der Waals surface area contributed by atoms with Crippen LogP contribution in [0.15, 0.2) is 0 Å². The molecule has 0 aliphatic rings. The average Bonchev–Trinajstić information content (AvgIpc) is 2.57. The van der Waals surface area contributed by atoms with Crippen molar-refractivity contribution in [3.05, 3.63) is 15.6 Å². The Hall–Kier alpha value is -1.11. The van der Waals surface area contributed by atoms with Gasteiger partial charge in [-0.3, -0.25) is 4.79 Å². The van der Waals surface area contributed by atoms with E-state index in [2.05, 4.69) is 4.98 Å². The summed E-state index contributed by atoms with van der Waals surface area (Å²) >= 11 is 0.934. The van der Waals surface area contributed by atoms with Crippen LogP contribution in [0.2, 0.25) is 0 Å². The number of aromatic nitrogens is 1. The molecular formula is C9H10F3NO2S. The second-order valence-electron chi connectivity index (χ2n) is 3.12. The molecule has 0 bridgehead atoms. The van der Waals surface area contributed by atoms with Gasteiger partial charge in [0.2, 0.25) is 0 Å². The lowest BCUT2D eigenvalue weighted by molar-refractivity contribution is -0.141. The molecule has 0 atom stereocenters. The predicted molar refractivity (Wildman–Crippen MR) is 52.5 cm³/mol. The van der Waals surface area contributed by atoms with Gasteiger partial charge < -0.3 is 5.11 Å². The van der Waals surface area contributed by atoms with E-state index in [-0.39, 0.29) is 29.1 Å². The third-order valence-electron chi connectivity index (χ3n) is 1.88. The van der Waals surface area contributed by atoms with E-state index in [4.69, 9.17) is 5.11 Å². The number of aryl methyl sites for hydroxylation is 2. The van der Waals surface area contributed by atoms with Crippen molar-refractivity contribution >= 4 is 17.3 Å². The average molecular weight is 253 g/mol. The van der Waals surface area contributed by atoms with Gasteiger partial charge in [-0.2, -0.15) is 13.2 Å². The van der Waals surface area contributed by atoms with Crippen LogP contribution in [0.3, 0.4) is 0 Å². The molecule has 0 aromatic carbocycles. The molecular weight excluding hydrogens is 243 g/mol. The highest BCUT2D eigenvalue weighted by molar-refractivity contribution is 7.11. The molecule has 0 aliphatic carbocycles. The highest BCUT2D eigenvalue weighted by Gasteiger charge is 2.36. The van der Waals surface area contributed by atoms with Crippen molar-refractivity contribution in [3.8, 4) is 0 Å². The van der Waals surface area contributed by atoms with Crippen LogP contribution in [-0.4, -0.2) is 16.1 Å². The summed E-state index contributed by atoms with van der Waals surface area (Å²) in [5, 5.41) is 8.65. The normalized spacial score (nSPS) is 11.8. The van der Waals surface area contributed by atoms with E-state index in [9.17, 15) is 18.0 Å². The lowest BCUT2D eigenvalue weighted by Gasteiger charge is -2.03. The van der Waals surface area contributed by atoms with Gasteiger partial charge in [-0.25, -0.2) is 4.98 Å². The fourth-order valence-electron chi connectivity index (χ4n) is 1.18. The molecule has 90 valence electrons. The zero-order valence-electron chi connectivity index (χ0n) is 8.47. The number of aliphatic carboxylic acids is 1. The number of carboxylic acids is 1. The third kappa shape index (κ3) is 3.19. The molecule has 0 saturated carbocycles. The van der Waals surface area contributed by atoms with E-state index < -0.39 is 17.8 Å². The van der Waals surface area contributed by atoms with E-state index in [1.807, 2.05) is 0 Å². The number of nitrogens with zero attached hydrogens (tertiary/aromatic N) is 1. The molecule has 0 fully saturated rings. The Balaban J connectivity index is 2.90. The number of carbonyl (C=O) groups is 1. The minimum absolute atomic E-state index is 0.0447. The zero-order valence-corrected chi connectivity index (χ0v) is 9.28. The van der Waals surface area contributed by atoms with Crippen LogP contribution in [0.25, 0.3) is 0 Å². The minimum atomic E-state index is -4.46. The molecule has 1 N–H and O–H groups in total. The first kappa shape index (κ1) is 13.0. The summed E-state index contributed by atoms with van der Waals surface area (Å²) in [5.74, 6) is -1.04. The highest BCUT2D eigenvalue weighted by atomic mass is 32.1. The minimum Gasteiger partial charge on any atom is -0.481 e. The molecule has 0 unspecified atom stereocenters. The largest absolute Gasteiger partial charge is 0.481 e. The van der Waals surface area contributed by atoms with Crippen molar-refractivity contribution in [2.45, 2.75) is 32.4 Å². The molecule has 1 aromatic rings. The SMILES string of the molecule is CCc1sc(CCC(=O)O)nc1C(F)(F)F. The molecule has 0 radical (unpaired) electrons. The van der Waals surface area contributed by atoms with Crippen molar-refractivity contribution in [1.82, 2.24) is 4.98 Å². The molecule has 1 aromatic heterocycles. The number of halogens is 3. The number of carboxylic acid groups (broad SMARTS) is 1. The number of rotatable bonds is 4. The molecule has 0 saturated heterocycles. The lowest BCUT2D eigenvalue weighted by Crippen LogP contribution is -2.08. The second kappa shape index (κ2) is 4.82. The van der Waals surface area contributed by atoms with Gasteiger partial charge in [0, 0.05) is 11.3 Å². The van der Waals surface area contributed by atoms with Crippen LogP contribution in [0.5, 0.6) is 0 Å². The van der Waals surface area contributed by atoms with Gasteiger partial charge >= 0.3 is 12.1 Å². The number of alkyl halides is 3. The van der Waals surface area contributed by atoms with Gasteiger partial charge in [0.15, 0.2) is 5.69 Å². The maximum absolute atomic E-state index is 12.5. The fraction of sp³-hybridized carbons (Fsp3) is 0.556. The van der Waals surface area contributed by atoms with E-state index in [1.165, 1.54) is 0 Å². The predicted octanol–water partition coefficient (Wildman–Crippen LogP) is 2.74. The first-order chi connectivity index (χ1) is 7.34. The Labute approximate surface area is 93.9 Å². The van der Waals surface area contributed by atoms with Crippen LogP contribution in [0.4, 0.5) is 13.2 Å². The molecule has 0 aliphatic heterocycles. The van der Waals surface area contributed by atoms with E-state index in [0.29, 0.717) is 0 Å². The summed E-state index contributed by atoms with van der Waals surface area (Å²) in [7, 11) is 0. The van der Waals surface area contributed by atoms with Gasteiger partial charge in [-0.15, -0.1) is 11.3 Å². The van der Waals surface area contributed by atoms with Crippen LogP contribution < -0.4 is 0 Å². The van der Waals surface area contributed by atoms with Crippen LogP contribution in [-0.2, 0) is 23.8 Å². The lowest BCUT2D eigenvalue weighted by atomic mass is 10.3. The Morgan fingerprint density at radius 3 is 2.50 bits per heavy atom.